The van der Waals surface area contributed by atoms with Gasteiger partial charge in [-0.3, -0.25) is 14.6 Å². The van der Waals surface area contributed by atoms with E-state index < -0.39 is 0 Å². The maximum Gasteiger partial charge on any atom is 0.309 e. The van der Waals surface area contributed by atoms with Gasteiger partial charge >= 0.3 is 5.97 Å². The van der Waals surface area contributed by atoms with Crippen LogP contribution in [0.4, 0.5) is 4.39 Å². The van der Waals surface area contributed by atoms with Crippen LogP contribution in [0.25, 0.3) is 0 Å². The van der Waals surface area contributed by atoms with Gasteiger partial charge < -0.3 is 4.74 Å². The molecule has 6 atom stereocenters. The molecule has 166 valence electrons. The number of rotatable bonds is 6. The lowest BCUT2D eigenvalue weighted by Crippen LogP contribution is -2.45. The Hall–Kier alpha value is -2.30. The lowest BCUT2D eigenvalue weighted by molar-refractivity contribution is -0.144. The fourth-order valence-electron chi connectivity index (χ4n) is 6.17. The Labute approximate surface area is 184 Å². The van der Waals surface area contributed by atoms with E-state index in [2.05, 4.69) is 4.99 Å². The van der Waals surface area contributed by atoms with Gasteiger partial charge in [0, 0.05) is 37.1 Å². The molecule has 0 spiro atoms. The van der Waals surface area contributed by atoms with E-state index in [4.69, 9.17) is 4.74 Å². The van der Waals surface area contributed by atoms with Gasteiger partial charge in [-0.2, -0.15) is 0 Å². The number of aliphatic imine (C=N–C) groups is 1. The van der Waals surface area contributed by atoms with Gasteiger partial charge in [-0.05, 0) is 75.0 Å². The summed E-state index contributed by atoms with van der Waals surface area (Å²) in [5.74, 6) is 1.39. The van der Waals surface area contributed by atoms with E-state index >= 15 is 0 Å². The lowest BCUT2D eigenvalue weighted by atomic mass is 9.56. The van der Waals surface area contributed by atoms with Gasteiger partial charge in [-0.25, -0.2) is 4.39 Å². The molecule has 1 aromatic rings. The highest BCUT2D eigenvalue weighted by molar-refractivity contribution is 5.80. The van der Waals surface area contributed by atoms with Gasteiger partial charge in [0.05, 0.1) is 5.92 Å². The standard InChI is InChI=1S/C26H32FNO3/c1-3-20(28-12-11-17-5-4-6-19(27)13-17)8-10-22-23-15-21(29)9-7-18(23)14-24-25(22)16(2)31-26(24)30/h3-6,12-13,16,18,22-25H,7-11,14-15H2,1-2H3/b20-3-,28-12?/t16-,18?,22+,23?,24?,25+/m1/s1. The van der Waals surface area contributed by atoms with Crippen LogP contribution in [0.3, 0.4) is 0 Å². The number of halogens is 1. The van der Waals surface area contributed by atoms with Gasteiger partial charge in [-0.1, -0.05) is 18.2 Å². The molecular formula is C26H32FNO3. The third-order valence-corrected chi connectivity index (χ3v) is 7.62. The third-order valence-electron chi connectivity index (χ3n) is 7.62. The first-order chi connectivity index (χ1) is 15.0. The topological polar surface area (TPSA) is 55.7 Å². The van der Waals surface area contributed by atoms with Gasteiger partial charge in [0.2, 0.25) is 0 Å². The van der Waals surface area contributed by atoms with Crippen LogP contribution >= 0.6 is 0 Å². The summed E-state index contributed by atoms with van der Waals surface area (Å²) in [4.78, 5) is 29.3. The average Bonchev–Trinajstić information content (AvgIpc) is 3.03. The van der Waals surface area contributed by atoms with Crippen molar-refractivity contribution in [3.8, 4) is 0 Å². The molecule has 2 aliphatic carbocycles. The number of carbonyl (C=O) groups is 2. The number of hydrogen-bond donors (Lipinski definition) is 0. The Morgan fingerprint density at radius 1 is 1.32 bits per heavy atom. The quantitative estimate of drug-likeness (QED) is 0.459. The molecule has 1 heterocycles. The zero-order chi connectivity index (χ0) is 22.0. The molecule has 0 radical (unpaired) electrons. The highest BCUT2D eigenvalue weighted by atomic mass is 19.1. The van der Waals surface area contributed by atoms with Crippen molar-refractivity contribution in [2.75, 3.05) is 0 Å². The molecule has 0 N–H and O–H groups in total. The van der Waals surface area contributed by atoms with Crippen LogP contribution in [-0.4, -0.2) is 24.1 Å². The zero-order valence-electron chi connectivity index (χ0n) is 18.4. The van der Waals surface area contributed by atoms with E-state index in [1.165, 1.54) is 12.1 Å². The molecule has 5 heteroatoms. The van der Waals surface area contributed by atoms with Crippen molar-refractivity contribution in [3.63, 3.8) is 0 Å². The number of benzene rings is 1. The SMILES string of the molecule is C/C=C(/CC[C@H]1C2CC(=O)CCC2CC2C(=O)O[C@H](C)[C@H]21)N=CCc1cccc(F)c1. The largest absolute Gasteiger partial charge is 0.462 e. The summed E-state index contributed by atoms with van der Waals surface area (Å²) < 4.78 is 19.0. The van der Waals surface area contributed by atoms with Crippen molar-refractivity contribution < 1.29 is 18.7 Å². The van der Waals surface area contributed by atoms with E-state index in [0.29, 0.717) is 42.8 Å². The minimum absolute atomic E-state index is 0.0139. The molecule has 0 aromatic heterocycles. The van der Waals surface area contributed by atoms with Gasteiger partial charge in [-0.15, -0.1) is 0 Å². The second kappa shape index (κ2) is 9.46. The molecule has 0 amide bonds. The second-order valence-electron chi connectivity index (χ2n) is 9.40. The predicted octanol–water partition coefficient (Wildman–Crippen LogP) is 5.31. The van der Waals surface area contributed by atoms with Crippen molar-refractivity contribution in [3.05, 3.63) is 47.4 Å². The van der Waals surface area contributed by atoms with Crippen molar-refractivity contribution >= 4 is 18.0 Å². The summed E-state index contributed by atoms with van der Waals surface area (Å²) in [6.07, 6.45) is 9.17. The summed E-state index contributed by atoms with van der Waals surface area (Å²) in [5.41, 5.74) is 1.89. The smallest absolute Gasteiger partial charge is 0.309 e. The Morgan fingerprint density at radius 3 is 2.94 bits per heavy atom. The fraction of sp³-hybridized carbons (Fsp3) is 0.577. The van der Waals surface area contributed by atoms with Crippen molar-refractivity contribution in [1.82, 2.24) is 0 Å². The number of Topliss-reactive ketones (excluding diaryl/α,β-unsaturated/α-hetero) is 1. The van der Waals surface area contributed by atoms with Gasteiger partial charge in [0.25, 0.3) is 0 Å². The minimum atomic E-state index is -0.233. The van der Waals surface area contributed by atoms with E-state index in [1.54, 1.807) is 6.07 Å². The average molecular weight is 426 g/mol. The van der Waals surface area contributed by atoms with Crippen molar-refractivity contribution in [1.29, 1.82) is 0 Å². The molecule has 1 aliphatic heterocycles. The van der Waals surface area contributed by atoms with Crippen LogP contribution in [0.15, 0.2) is 41.0 Å². The molecule has 1 aromatic carbocycles. The first-order valence-corrected chi connectivity index (χ1v) is 11.6. The summed E-state index contributed by atoms with van der Waals surface area (Å²) in [7, 11) is 0. The van der Waals surface area contributed by atoms with Crippen LogP contribution in [-0.2, 0) is 20.7 Å². The number of ketones is 1. The van der Waals surface area contributed by atoms with Crippen molar-refractivity contribution in [2.24, 2.45) is 34.6 Å². The molecule has 31 heavy (non-hydrogen) atoms. The number of esters is 1. The molecular weight excluding hydrogens is 393 g/mol. The number of ether oxygens (including phenoxy) is 1. The Balaban J connectivity index is 1.44. The molecule has 0 bridgehead atoms. The summed E-state index contributed by atoms with van der Waals surface area (Å²) in [5, 5.41) is 0. The van der Waals surface area contributed by atoms with Crippen LogP contribution in [0.5, 0.6) is 0 Å². The molecule has 3 unspecified atom stereocenters. The van der Waals surface area contributed by atoms with Gasteiger partial charge in [0.1, 0.15) is 17.7 Å². The first kappa shape index (κ1) is 21.9. The third kappa shape index (κ3) is 4.81. The van der Waals surface area contributed by atoms with E-state index in [0.717, 1.165) is 36.9 Å². The second-order valence-corrected chi connectivity index (χ2v) is 9.40. The predicted molar refractivity (Wildman–Crippen MR) is 118 cm³/mol. The minimum Gasteiger partial charge on any atom is -0.462 e. The molecule has 3 aliphatic rings. The van der Waals surface area contributed by atoms with Crippen LogP contribution in [0.2, 0.25) is 0 Å². The molecule has 4 nitrogen and oxygen atoms in total. The monoisotopic (exact) mass is 425 g/mol. The normalized spacial score (nSPS) is 33.3. The highest BCUT2D eigenvalue weighted by Crippen LogP contribution is 2.54. The Kier molecular flexibility index (Phi) is 6.68. The maximum absolute atomic E-state index is 13.4. The van der Waals surface area contributed by atoms with Crippen LogP contribution in [0, 0.1) is 35.4 Å². The summed E-state index contributed by atoms with van der Waals surface area (Å²) >= 11 is 0. The van der Waals surface area contributed by atoms with Crippen LogP contribution < -0.4 is 0 Å². The Morgan fingerprint density at radius 2 is 2.16 bits per heavy atom. The number of hydrogen-bond acceptors (Lipinski definition) is 4. The van der Waals surface area contributed by atoms with E-state index in [1.807, 2.05) is 32.2 Å². The molecule has 3 fully saturated rings. The Bertz CT molecular complexity index is 892. The fourth-order valence-corrected chi connectivity index (χ4v) is 6.17. The molecule has 1 saturated heterocycles. The summed E-state index contributed by atoms with van der Waals surface area (Å²) in [6, 6.07) is 6.58. The number of carbonyl (C=O) groups excluding carboxylic acids is 2. The lowest BCUT2D eigenvalue weighted by Gasteiger charge is -2.46. The van der Waals surface area contributed by atoms with E-state index in [-0.39, 0.29) is 29.7 Å². The maximum atomic E-state index is 13.4. The van der Waals surface area contributed by atoms with E-state index in [9.17, 15) is 14.0 Å². The highest BCUT2D eigenvalue weighted by Gasteiger charge is 2.54. The van der Waals surface area contributed by atoms with Gasteiger partial charge in [0.15, 0.2) is 0 Å². The van der Waals surface area contributed by atoms with Crippen molar-refractivity contribution in [2.45, 2.75) is 64.9 Å². The number of nitrogens with zero attached hydrogens (tertiary/aromatic N) is 1. The van der Waals surface area contributed by atoms with Crippen LogP contribution in [0.1, 0.15) is 57.9 Å². The number of cyclic esters (lactones) is 1. The molecule has 2 saturated carbocycles. The number of allylic oxidation sites excluding steroid dienone is 2. The first-order valence-electron chi connectivity index (χ1n) is 11.6. The summed E-state index contributed by atoms with van der Waals surface area (Å²) in [6.45, 7) is 3.99. The molecule has 4 rings (SSSR count). The number of fused-ring (bicyclic) bond motifs is 2. The zero-order valence-corrected chi connectivity index (χ0v) is 18.4.